The van der Waals surface area contributed by atoms with Crippen LogP contribution in [-0.4, -0.2) is 30.3 Å². The van der Waals surface area contributed by atoms with Gasteiger partial charge in [-0.2, -0.15) is 4.68 Å². The van der Waals surface area contributed by atoms with Gasteiger partial charge in [0, 0.05) is 11.8 Å². The topological polar surface area (TPSA) is 76.7 Å². The van der Waals surface area contributed by atoms with Crippen LogP contribution >= 0.6 is 11.8 Å². The highest BCUT2D eigenvalue weighted by Crippen LogP contribution is 2.27. The van der Waals surface area contributed by atoms with Crippen molar-refractivity contribution < 1.29 is 5.11 Å². The van der Waals surface area contributed by atoms with Crippen molar-refractivity contribution in [3.8, 4) is 5.69 Å². The van der Waals surface area contributed by atoms with E-state index in [2.05, 4.69) is 20.5 Å². The highest BCUT2D eigenvalue weighted by molar-refractivity contribution is 7.99. The average molecular weight is 285 g/mol. The van der Waals surface area contributed by atoms with Gasteiger partial charge >= 0.3 is 0 Å². The summed E-state index contributed by atoms with van der Waals surface area (Å²) in [7, 11) is 0. The summed E-state index contributed by atoms with van der Waals surface area (Å²) in [6.45, 7) is -0.0664. The second-order valence-electron chi connectivity index (χ2n) is 3.94. The minimum atomic E-state index is -0.0664. The number of tetrazole rings is 1. The van der Waals surface area contributed by atoms with Crippen LogP contribution in [0.25, 0.3) is 5.69 Å². The number of para-hydroxylation sites is 1. The molecule has 2 heterocycles. The molecular weight excluding hydrogens is 274 g/mol. The molecule has 20 heavy (non-hydrogen) atoms. The summed E-state index contributed by atoms with van der Waals surface area (Å²) in [5.74, 6) is 0. The van der Waals surface area contributed by atoms with Crippen molar-refractivity contribution in [1.82, 2.24) is 25.2 Å². The molecular formula is C13H11N5OS. The molecule has 0 unspecified atom stereocenters. The largest absolute Gasteiger partial charge is 0.392 e. The number of rotatable bonds is 4. The number of aliphatic hydroxyl groups is 1. The van der Waals surface area contributed by atoms with Crippen LogP contribution < -0.4 is 0 Å². The third-order valence-electron chi connectivity index (χ3n) is 2.65. The lowest BCUT2D eigenvalue weighted by molar-refractivity contribution is 0.278. The Hall–Kier alpha value is -2.25. The first-order valence-electron chi connectivity index (χ1n) is 5.95. The van der Waals surface area contributed by atoms with Crippen LogP contribution in [-0.2, 0) is 6.61 Å². The number of nitrogens with zero attached hydrogens (tertiary/aromatic N) is 5. The van der Waals surface area contributed by atoms with Crippen LogP contribution in [0.1, 0.15) is 5.56 Å². The van der Waals surface area contributed by atoms with Crippen molar-refractivity contribution in [2.45, 2.75) is 16.8 Å². The van der Waals surface area contributed by atoms with Crippen molar-refractivity contribution in [3.63, 3.8) is 0 Å². The van der Waals surface area contributed by atoms with E-state index in [0.717, 1.165) is 11.3 Å². The monoisotopic (exact) mass is 285 g/mol. The molecule has 7 heteroatoms. The predicted octanol–water partition coefficient (Wildman–Crippen LogP) is 1.70. The second kappa shape index (κ2) is 5.81. The molecule has 0 bridgehead atoms. The SMILES string of the molecule is OCc1cccnc1Sc1nnnn1-c1ccccc1. The first-order chi connectivity index (χ1) is 9.88. The van der Waals surface area contributed by atoms with Crippen molar-refractivity contribution in [2.24, 2.45) is 0 Å². The maximum Gasteiger partial charge on any atom is 0.220 e. The molecule has 0 saturated heterocycles. The van der Waals surface area contributed by atoms with Gasteiger partial charge in [0.25, 0.3) is 0 Å². The Morgan fingerprint density at radius 1 is 1.10 bits per heavy atom. The van der Waals surface area contributed by atoms with E-state index in [0.29, 0.717) is 10.2 Å². The molecule has 0 saturated carbocycles. The Kier molecular flexibility index (Phi) is 3.71. The minimum absolute atomic E-state index is 0.0664. The fourth-order valence-electron chi connectivity index (χ4n) is 1.70. The molecule has 0 spiro atoms. The Labute approximate surface area is 119 Å². The van der Waals surface area contributed by atoms with Crippen LogP contribution in [0.5, 0.6) is 0 Å². The van der Waals surface area contributed by atoms with Gasteiger partial charge in [-0.15, -0.1) is 5.10 Å². The number of aliphatic hydroxyl groups excluding tert-OH is 1. The molecule has 0 radical (unpaired) electrons. The third kappa shape index (κ3) is 2.54. The van der Waals surface area contributed by atoms with E-state index in [9.17, 15) is 5.11 Å². The number of hydrogen-bond acceptors (Lipinski definition) is 6. The molecule has 0 aliphatic rings. The van der Waals surface area contributed by atoms with Gasteiger partial charge in [0.15, 0.2) is 0 Å². The highest BCUT2D eigenvalue weighted by Gasteiger charge is 2.12. The van der Waals surface area contributed by atoms with Crippen molar-refractivity contribution >= 4 is 11.8 Å². The molecule has 0 fully saturated rings. The van der Waals surface area contributed by atoms with Crippen LogP contribution in [0, 0.1) is 0 Å². The zero-order chi connectivity index (χ0) is 13.8. The lowest BCUT2D eigenvalue weighted by Gasteiger charge is -2.05. The standard InChI is InChI=1S/C13H11N5OS/c19-9-10-5-4-8-14-12(10)20-13-15-16-17-18(13)11-6-2-1-3-7-11/h1-8,19H,9H2. The van der Waals surface area contributed by atoms with Gasteiger partial charge in [0.1, 0.15) is 5.03 Å². The molecule has 0 amide bonds. The zero-order valence-corrected chi connectivity index (χ0v) is 11.2. The van der Waals surface area contributed by atoms with Crippen molar-refractivity contribution in [3.05, 3.63) is 54.2 Å². The number of hydrogen-bond donors (Lipinski definition) is 1. The van der Waals surface area contributed by atoms with Gasteiger partial charge in [-0.1, -0.05) is 24.3 Å². The Balaban J connectivity index is 1.95. The summed E-state index contributed by atoms with van der Waals surface area (Å²) in [4.78, 5) is 4.25. The number of aromatic nitrogens is 5. The van der Waals surface area contributed by atoms with Crippen molar-refractivity contribution in [2.75, 3.05) is 0 Å². The van der Waals surface area contributed by atoms with Crippen LogP contribution in [0.3, 0.4) is 0 Å². The summed E-state index contributed by atoms with van der Waals surface area (Å²) in [5, 5.41) is 22.3. The van der Waals surface area contributed by atoms with E-state index >= 15 is 0 Å². The summed E-state index contributed by atoms with van der Waals surface area (Å²) < 4.78 is 1.64. The Morgan fingerprint density at radius 2 is 1.95 bits per heavy atom. The fourth-order valence-corrected chi connectivity index (χ4v) is 2.55. The van der Waals surface area contributed by atoms with E-state index in [1.54, 1.807) is 16.9 Å². The van der Waals surface area contributed by atoms with Gasteiger partial charge in [-0.25, -0.2) is 4.98 Å². The summed E-state index contributed by atoms with van der Waals surface area (Å²) in [5.41, 5.74) is 1.63. The van der Waals surface area contributed by atoms with E-state index in [-0.39, 0.29) is 6.61 Å². The number of benzene rings is 1. The third-order valence-corrected chi connectivity index (χ3v) is 3.65. The van der Waals surface area contributed by atoms with Gasteiger partial charge < -0.3 is 5.11 Å². The van der Waals surface area contributed by atoms with E-state index in [1.165, 1.54) is 11.8 Å². The Bertz CT molecular complexity index is 701. The van der Waals surface area contributed by atoms with Crippen molar-refractivity contribution in [1.29, 1.82) is 0 Å². The lowest BCUT2D eigenvalue weighted by Crippen LogP contribution is -1.99. The predicted molar refractivity (Wildman–Crippen MR) is 73.4 cm³/mol. The maximum atomic E-state index is 9.32. The smallest absolute Gasteiger partial charge is 0.220 e. The molecule has 2 aromatic heterocycles. The second-order valence-corrected chi connectivity index (χ2v) is 4.89. The summed E-state index contributed by atoms with van der Waals surface area (Å²) in [6, 6.07) is 13.2. The molecule has 0 aliphatic heterocycles. The van der Waals surface area contributed by atoms with Crippen LogP contribution in [0.2, 0.25) is 0 Å². The first-order valence-corrected chi connectivity index (χ1v) is 6.76. The summed E-state index contributed by atoms with van der Waals surface area (Å²) in [6.07, 6.45) is 1.68. The van der Waals surface area contributed by atoms with Crippen LogP contribution in [0.15, 0.2) is 58.8 Å². The molecule has 1 N–H and O–H groups in total. The molecule has 3 rings (SSSR count). The van der Waals surface area contributed by atoms with E-state index in [1.807, 2.05) is 36.4 Å². The van der Waals surface area contributed by atoms with E-state index in [4.69, 9.17) is 0 Å². The van der Waals surface area contributed by atoms with Gasteiger partial charge in [0.05, 0.1) is 12.3 Å². The molecule has 0 aliphatic carbocycles. The van der Waals surface area contributed by atoms with Gasteiger partial charge in [-0.3, -0.25) is 0 Å². The molecule has 6 nitrogen and oxygen atoms in total. The van der Waals surface area contributed by atoms with Gasteiger partial charge in [0.2, 0.25) is 5.16 Å². The molecule has 0 atom stereocenters. The summed E-state index contributed by atoms with van der Waals surface area (Å²) >= 11 is 1.32. The Morgan fingerprint density at radius 3 is 2.75 bits per heavy atom. The first kappa shape index (κ1) is 12.8. The number of pyridine rings is 1. The molecule has 1 aromatic carbocycles. The van der Waals surface area contributed by atoms with Crippen LogP contribution in [0.4, 0.5) is 0 Å². The van der Waals surface area contributed by atoms with Gasteiger partial charge in [-0.05, 0) is 40.4 Å². The average Bonchev–Trinajstić information content (AvgIpc) is 2.97. The zero-order valence-electron chi connectivity index (χ0n) is 10.4. The minimum Gasteiger partial charge on any atom is -0.392 e. The lowest BCUT2D eigenvalue weighted by atomic mass is 10.3. The fraction of sp³-hybridized carbons (Fsp3) is 0.0769. The quantitative estimate of drug-likeness (QED) is 0.786. The maximum absolute atomic E-state index is 9.32. The molecule has 3 aromatic rings. The normalized spacial score (nSPS) is 10.7. The van der Waals surface area contributed by atoms with E-state index < -0.39 is 0 Å². The highest BCUT2D eigenvalue weighted by atomic mass is 32.2. The molecule has 100 valence electrons.